The quantitative estimate of drug-likeness (QED) is 0.755. The molecule has 1 aromatic rings. The summed E-state index contributed by atoms with van der Waals surface area (Å²) in [4.78, 5) is 13.7. The van der Waals surface area contributed by atoms with Gasteiger partial charge in [-0.05, 0) is 56.3 Å². The molecule has 0 heterocycles. The van der Waals surface area contributed by atoms with Crippen LogP contribution in [0.5, 0.6) is 5.75 Å². The summed E-state index contributed by atoms with van der Waals surface area (Å²) >= 11 is 0. The summed E-state index contributed by atoms with van der Waals surface area (Å²) in [5.41, 5.74) is 1.06. The van der Waals surface area contributed by atoms with Gasteiger partial charge < -0.3 is 14.9 Å². The van der Waals surface area contributed by atoms with Gasteiger partial charge in [-0.25, -0.2) is 0 Å². The smallest absolute Gasteiger partial charge is 0.305 e. The van der Waals surface area contributed by atoms with Gasteiger partial charge in [0, 0.05) is 19.0 Å². The van der Waals surface area contributed by atoms with Gasteiger partial charge in [-0.15, -0.1) is 0 Å². The number of hydrogen-bond acceptors (Lipinski definition) is 5. The van der Waals surface area contributed by atoms with E-state index in [1.165, 1.54) is 7.11 Å². The number of rotatable bonds is 7. The third-order valence-electron chi connectivity index (χ3n) is 4.53. The summed E-state index contributed by atoms with van der Waals surface area (Å²) in [6.07, 6.45) is 4.60. The van der Waals surface area contributed by atoms with Crippen LogP contribution in [0, 0.1) is 0 Å². The van der Waals surface area contributed by atoms with E-state index in [1.807, 2.05) is 12.1 Å². The van der Waals surface area contributed by atoms with Crippen LogP contribution in [0.1, 0.15) is 44.1 Å². The van der Waals surface area contributed by atoms with E-state index >= 15 is 0 Å². The van der Waals surface area contributed by atoms with E-state index < -0.39 is 0 Å². The van der Waals surface area contributed by atoms with Gasteiger partial charge in [0.15, 0.2) is 0 Å². The van der Waals surface area contributed by atoms with Crippen LogP contribution in [0.25, 0.3) is 0 Å². The molecule has 1 aromatic carbocycles. The summed E-state index contributed by atoms with van der Waals surface area (Å²) in [5.74, 6) is 0.0949. The second-order valence-corrected chi connectivity index (χ2v) is 6.28. The van der Waals surface area contributed by atoms with Crippen molar-refractivity contribution in [3.05, 3.63) is 29.8 Å². The highest BCUT2D eigenvalue weighted by atomic mass is 16.5. The molecule has 2 rings (SSSR count). The van der Waals surface area contributed by atoms with Crippen LogP contribution in [0.2, 0.25) is 0 Å². The Hall–Kier alpha value is -1.59. The number of aliphatic hydroxyl groups excluding tert-OH is 1. The number of esters is 1. The van der Waals surface area contributed by atoms with Crippen LogP contribution in [0.4, 0.5) is 0 Å². The number of carbonyl (C=O) groups excluding carboxylic acids is 1. The molecule has 1 fully saturated rings. The van der Waals surface area contributed by atoms with E-state index in [9.17, 15) is 15.0 Å². The fourth-order valence-electron chi connectivity index (χ4n) is 3.23. The van der Waals surface area contributed by atoms with Gasteiger partial charge in [-0.1, -0.05) is 12.1 Å². The standard InChI is InChI=1S/C18H27NO4/c1-23-18(22)6-3-11-19(15-7-9-16(20)10-8-15)13-14-4-2-5-17(21)12-14/h2,4-5,12,15-16,20-21H,3,6-11,13H2,1H3. The van der Waals surface area contributed by atoms with E-state index in [4.69, 9.17) is 4.74 Å². The molecule has 128 valence electrons. The predicted molar refractivity (Wildman–Crippen MR) is 88.0 cm³/mol. The number of phenolic OH excluding ortho intramolecular Hbond substituents is 1. The number of benzene rings is 1. The van der Waals surface area contributed by atoms with Gasteiger partial charge in [0.25, 0.3) is 0 Å². The molecule has 23 heavy (non-hydrogen) atoms. The lowest BCUT2D eigenvalue weighted by atomic mass is 9.91. The highest BCUT2D eigenvalue weighted by Crippen LogP contribution is 2.25. The lowest BCUT2D eigenvalue weighted by Gasteiger charge is -2.36. The van der Waals surface area contributed by atoms with Crippen molar-refractivity contribution in [2.75, 3.05) is 13.7 Å². The van der Waals surface area contributed by atoms with Crippen molar-refractivity contribution in [2.24, 2.45) is 0 Å². The first-order valence-electron chi connectivity index (χ1n) is 8.35. The summed E-state index contributed by atoms with van der Waals surface area (Å²) in [6, 6.07) is 7.72. The number of ether oxygens (including phenoxy) is 1. The van der Waals surface area contributed by atoms with Crippen LogP contribution >= 0.6 is 0 Å². The van der Waals surface area contributed by atoms with E-state index in [0.29, 0.717) is 12.5 Å². The molecule has 0 saturated heterocycles. The Labute approximate surface area is 137 Å². The monoisotopic (exact) mass is 321 g/mol. The number of hydrogen-bond donors (Lipinski definition) is 2. The van der Waals surface area contributed by atoms with E-state index in [1.54, 1.807) is 12.1 Å². The summed E-state index contributed by atoms with van der Waals surface area (Å²) in [5, 5.41) is 19.3. The van der Waals surface area contributed by atoms with Crippen LogP contribution in [-0.2, 0) is 16.1 Å². The second kappa shape index (κ2) is 8.89. The molecule has 0 spiro atoms. The number of nitrogens with zero attached hydrogens (tertiary/aromatic N) is 1. The van der Waals surface area contributed by atoms with E-state index in [-0.39, 0.29) is 17.8 Å². The van der Waals surface area contributed by atoms with Crippen molar-refractivity contribution in [3.63, 3.8) is 0 Å². The van der Waals surface area contributed by atoms with Crippen molar-refractivity contribution >= 4 is 5.97 Å². The topological polar surface area (TPSA) is 70.0 Å². The van der Waals surface area contributed by atoms with Gasteiger partial charge in [0.05, 0.1) is 13.2 Å². The number of aliphatic hydroxyl groups is 1. The minimum Gasteiger partial charge on any atom is -0.508 e. The largest absolute Gasteiger partial charge is 0.508 e. The zero-order chi connectivity index (χ0) is 16.7. The molecule has 0 aromatic heterocycles. The first kappa shape index (κ1) is 17.8. The molecule has 0 atom stereocenters. The van der Waals surface area contributed by atoms with Crippen LogP contribution in [-0.4, -0.2) is 46.9 Å². The minimum absolute atomic E-state index is 0.177. The first-order valence-corrected chi connectivity index (χ1v) is 8.35. The van der Waals surface area contributed by atoms with Crippen molar-refractivity contribution < 1.29 is 19.7 Å². The second-order valence-electron chi connectivity index (χ2n) is 6.28. The molecule has 0 radical (unpaired) electrons. The van der Waals surface area contributed by atoms with Gasteiger partial charge in [0.1, 0.15) is 5.75 Å². The predicted octanol–water partition coefficient (Wildman–Crippen LogP) is 2.45. The first-order chi connectivity index (χ1) is 11.1. The van der Waals surface area contributed by atoms with E-state index in [0.717, 1.165) is 50.8 Å². The van der Waals surface area contributed by atoms with Crippen LogP contribution in [0.3, 0.4) is 0 Å². The third-order valence-corrected chi connectivity index (χ3v) is 4.53. The Morgan fingerprint density at radius 3 is 2.70 bits per heavy atom. The molecule has 1 aliphatic rings. The average molecular weight is 321 g/mol. The summed E-state index contributed by atoms with van der Waals surface area (Å²) in [7, 11) is 1.41. The number of carbonyl (C=O) groups is 1. The maximum absolute atomic E-state index is 11.3. The zero-order valence-electron chi connectivity index (χ0n) is 13.8. The molecule has 2 N–H and O–H groups in total. The Bertz CT molecular complexity index is 498. The SMILES string of the molecule is COC(=O)CCCN(Cc1cccc(O)c1)C1CCC(O)CC1. The molecular weight excluding hydrogens is 294 g/mol. The molecular formula is C18H27NO4. The lowest BCUT2D eigenvalue weighted by molar-refractivity contribution is -0.140. The Kier molecular flexibility index (Phi) is 6.86. The zero-order valence-corrected chi connectivity index (χ0v) is 13.8. The van der Waals surface area contributed by atoms with Crippen LogP contribution in [0.15, 0.2) is 24.3 Å². The molecule has 0 amide bonds. The highest BCUT2D eigenvalue weighted by Gasteiger charge is 2.25. The molecule has 5 nitrogen and oxygen atoms in total. The molecule has 1 saturated carbocycles. The van der Waals surface area contributed by atoms with Crippen molar-refractivity contribution in [3.8, 4) is 5.75 Å². The molecule has 5 heteroatoms. The van der Waals surface area contributed by atoms with Crippen molar-refractivity contribution in [2.45, 2.75) is 57.2 Å². The number of methoxy groups -OCH3 is 1. The molecule has 0 aliphatic heterocycles. The normalized spacial score (nSPS) is 21.3. The maximum Gasteiger partial charge on any atom is 0.305 e. The Balaban J connectivity index is 1.97. The number of aromatic hydroxyl groups is 1. The highest BCUT2D eigenvalue weighted by molar-refractivity contribution is 5.69. The van der Waals surface area contributed by atoms with E-state index in [2.05, 4.69) is 4.90 Å². The summed E-state index contributed by atoms with van der Waals surface area (Å²) in [6.45, 7) is 1.56. The fourth-order valence-corrected chi connectivity index (χ4v) is 3.23. The Morgan fingerprint density at radius 2 is 2.04 bits per heavy atom. The van der Waals surface area contributed by atoms with Crippen molar-refractivity contribution in [1.82, 2.24) is 4.90 Å². The van der Waals surface area contributed by atoms with Gasteiger partial charge >= 0.3 is 5.97 Å². The van der Waals surface area contributed by atoms with Crippen LogP contribution < -0.4 is 0 Å². The fraction of sp³-hybridized carbons (Fsp3) is 0.611. The van der Waals surface area contributed by atoms with Crippen molar-refractivity contribution in [1.29, 1.82) is 0 Å². The van der Waals surface area contributed by atoms with Gasteiger partial charge in [0.2, 0.25) is 0 Å². The Morgan fingerprint density at radius 1 is 1.30 bits per heavy atom. The third kappa shape index (κ3) is 5.84. The van der Waals surface area contributed by atoms with Gasteiger partial charge in [-0.2, -0.15) is 0 Å². The molecule has 0 bridgehead atoms. The van der Waals surface area contributed by atoms with Gasteiger partial charge in [-0.3, -0.25) is 9.69 Å². The summed E-state index contributed by atoms with van der Waals surface area (Å²) < 4.78 is 4.70. The minimum atomic E-state index is -0.179. The average Bonchev–Trinajstić information content (AvgIpc) is 2.54. The number of phenols is 1. The molecule has 1 aliphatic carbocycles. The maximum atomic E-state index is 11.3. The molecule has 0 unspecified atom stereocenters. The lowest BCUT2D eigenvalue weighted by Crippen LogP contribution is -2.39.